The van der Waals surface area contributed by atoms with Gasteiger partial charge < -0.3 is 14.9 Å². The topological polar surface area (TPSA) is 56.1 Å². The maximum Gasteiger partial charge on any atom is 0.286 e. The predicted molar refractivity (Wildman–Crippen MR) is 89.7 cm³/mol. The van der Waals surface area contributed by atoms with E-state index >= 15 is 0 Å². The lowest BCUT2D eigenvalue weighted by molar-refractivity contribution is -0.113. The second-order valence-electron chi connectivity index (χ2n) is 5.87. The molecular formula is C16H18FN3O2S. The smallest absolute Gasteiger partial charge is 0.286 e. The number of halogens is 1. The summed E-state index contributed by atoms with van der Waals surface area (Å²) < 4.78 is 13.3. The van der Waals surface area contributed by atoms with E-state index in [1.165, 1.54) is 36.0 Å². The monoisotopic (exact) mass is 335 g/mol. The number of nitrogens with zero attached hydrogens (tertiary/aromatic N) is 3. The fraction of sp³-hybridized carbons (Fsp3) is 0.375. The van der Waals surface area contributed by atoms with Gasteiger partial charge in [-0.15, -0.1) is 0 Å². The summed E-state index contributed by atoms with van der Waals surface area (Å²) >= 11 is 1.27. The molecule has 1 fully saturated rings. The largest absolute Gasteiger partial charge is 0.507 e. The Hall–Kier alpha value is -1.86. The fourth-order valence-electron chi connectivity index (χ4n) is 2.65. The van der Waals surface area contributed by atoms with E-state index < -0.39 is 5.82 Å². The zero-order valence-electron chi connectivity index (χ0n) is 13.0. The number of carbonyl (C=O) groups excluding carboxylic acids is 1. The minimum atomic E-state index is -0.459. The van der Waals surface area contributed by atoms with E-state index in [2.05, 4.69) is 14.8 Å². The van der Waals surface area contributed by atoms with Crippen molar-refractivity contribution in [3.8, 4) is 5.75 Å². The van der Waals surface area contributed by atoms with Gasteiger partial charge in [-0.1, -0.05) is 0 Å². The maximum absolute atomic E-state index is 13.3. The Morgan fingerprint density at radius 3 is 2.96 bits per heavy atom. The summed E-state index contributed by atoms with van der Waals surface area (Å²) in [4.78, 5) is 20.8. The van der Waals surface area contributed by atoms with Crippen molar-refractivity contribution in [1.82, 2.24) is 9.80 Å². The molecule has 1 atom stereocenters. The summed E-state index contributed by atoms with van der Waals surface area (Å²) in [6.45, 7) is 1.70. The molecule has 1 aromatic rings. The lowest BCUT2D eigenvalue weighted by atomic mass is 10.2. The van der Waals surface area contributed by atoms with Gasteiger partial charge in [0.2, 0.25) is 0 Å². The maximum atomic E-state index is 13.3. The zero-order chi connectivity index (χ0) is 16.6. The van der Waals surface area contributed by atoms with Crippen molar-refractivity contribution < 1.29 is 14.3 Å². The number of phenolic OH excluding ortho intramolecular Hbond substituents is 1. The molecule has 0 spiro atoms. The average molecular weight is 335 g/mol. The second kappa shape index (κ2) is 6.33. The highest BCUT2D eigenvalue weighted by Crippen LogP contribution is 2.33. The van der Waals surface area contributed by atoms with Gasteiger partial charge in [-0.3, -0.25) is 4.79 Å². The van der Waals surface area contributed by atoms with Gasteiger partial charge >= 0.3 is 0 Å². The van der Waals surface area contributed by atoms with Crippen molar-refractivity contribution >= 4 is 28.9 Å². The third kappa shape index (κ3) is 3.40. The van der Waals surface area contributed by atoms with Crippen LogP contribution in [0.3, 0.4) is 0 Å². The SMILES string of the molecule is CN(C)[C@H]1CCN(C2=NC(=O)C(=Cc3cc(F)ccc3O)S2)C1. The third-order valence-corrected chi connectivity index (χ3v) is 5.09. The van der Waals surface area contributed by atoms with Gasteiger partial charge in [-0.2, -0.15) is 4.99 Å². The van der Waals surface area contributed by atoms with Gasteiger partial charge in [-0.05, 0) is 56.6 Å². The number of likely N-dealkylation sites (tertiary alicyclic amines) is 1. The van der Waals surface area contributed by atoms with Crippen LogP contribution >= 0.6 is 11.8 Å². The number of phenols is 1. The first-order valence-electron chi connectivity index (χ1n) is 7.36. The van der Waals surface area contributed by atoms with E-state index in [1.807, 2.05) is 14.1 Å². The quantitative estimate of drug-likeness (QED) is 0.839. The third-order valence-electron chi connectivity index (χ3n) is 4.05. The number of thioether (sulfide) groups is 1. The van der Waals surface area contributed by atoms with Gasteiger partial charge in [-0.25, -0.2) is 4.39 Å². The van der Waals surface area contributed by atoms with Crippen LogP contribution in [0.15, 0.2) is 28.1 Å². The molecule has 1 aromatic carbocycles. The first kappa shape index (κ1) is 16.0. The van der Waals surface area contributed by atoms with Crippen molar-refractivity contribution in [2.24, 2.45) is 4.99 Å². The van der Waals surface area contributed by atoms with E-state index in [-0.39, 0.29) is 17.2 Å². The minimum absolute atomic E-state index is 0.0606. The number of benzene rings is 1. The summed E-state index contributed by atoms with van der Waals surface area (Å²) in [5.74, 6) is -0.865. The lowest BCUT2D eigenvalue weighted by Gasteiger charge is -2.20. The summed E-state index contributed by atoms with van der Waals surface area (Å²) in [5.41, 5.74) is 0.282. The molecule has 122 valence electrons. The van der Waals surface area contributed by atoms with Crippen LogP contribution in [0.25, 0.3) is 6.08 Å². The van der Waals surface area contributed by atoms with E-state index in [0.29, 0.717) is 16.1 Å². The molecular weight excluding hydrogens is 317 g/mol. The summed E-state index contributed by atoms with van der Waals surface area (Å²) in [6, 6.07) is 4.10. The van der Waals surface area contributed by atoms with Gasteiger partial charge in [0.05, 0.1) is 4.91 Å². The van der Waals surface area contributed by atoms with Crippen LogP contribution in [-0.2, 0) is 4.79 Å². The Kier molecular flexibility index (Phi) is 4.41. The van der Waals surface area contributed by atoms with Gasteiger partial charge in [0.15, 0.2) is 5.17 Å². The van der Waals surface area contributed by atoms with E-state index in [1.54, 1.807) is 0 Å². The van der Waals surface area contributed by atoms with Crippen LogP contribution in [0, 0.1) is 5.82 Å². The number of aliphatic imine (C=N–C) groups is 1. The van der Waals surface area contributed by atoms with E-state index in [9.17, 15) is 14.3 Å². The van der Waals surface area contributed by atoms with Crippen molar-refractivity contribution in [1.29, 1.82) is 0 Å². The number of hydrogen-bond donors (Lipinski definition) is 1. The minimum Gasteiger partial charge on any atom is -0.507 e. The van der Waals surface area contributed by atoms with E-state index in [4.69, 9.17) is 0 Å². The average Bonchev–Trinajstić information content (AvgIpc) is 3.10. The Morgan fingerprint density at radius 1 is 1.48 bits per heavy atom. The number of rotatable bonds is 2. The van der Waals surface area contributed by atoms with Crippen molar-refractivity contribution in [2.45, 2.75) is 12.5 Å². The lowest BCUT2D eigenvalue weighted by Crippen LogP contribution is -2.33. The number of likely N-dealkylation sites (N-methyl/N-ethyl adjacent to an activating group) is 1. The highest BCUT2D eigenvalue weighted by molar-refractivity contribution is 8.18. The number of amides is 1. The molecule has 1 N–H and O–H groups in total. The molecule has 0 saturated carbocycles. The molecule has 3 rings (SSSR count). The van der Waals surface area contributed by atoms with Crippen LogP contribution in [0.5, 0.6) is 5.75 Å². The van der Waals surface area contributed by atoms with Crippen molar-refractivity contribution in [3.63, 3.8) is 0 Å². The normalized spacial score (nSPS) is 23.2. The number of aromatic hydroxyl groups is 1. The Morgan fingerprint density at radius 2 is 2.26 bits per heavy atom. The number of amidine groups is 1. The Labute approximate surface area is 138 Å². The molecule has 2 heterocycles. The molecule has 0 bridgehead atoms. The predicted octanol–water partition coefficient (Wildman–Crippen LogP) is 2.14. The molecule has 1 amide bonds. The summed E-state index contributed by atoms with van der Waals surface area (Å²) in [5, 5.41) is 10.5. The van der Waals surface area contributed by atoms with E-state index in [0.717, 1.165) is 19.5 Å². The molecule has 2 aliphatic rings. The molecule has 23 heavy (non-hydrogen) atoms. The summed E-state index contributed by atoms with van der Waals surface area (Å²) in [7, 11) is 4.09. The highest BCUT2D eigenvalue weighted by atomic mass is 32.2. The molecule has 0 aliphatic carbocycles. The van der Waals surface area contributed by atoms with Crippen molar-refractivity contribution in [2.75, 3.05) is 27.2 Å². The molecule has 2 aliphatic heterocycles. The van der Waals surface area contributed by atoms with Crippen LogP contribution in [0.4, 0.5) is 4.39 Å². The molecule has 7 heteroatoms. The number of carbonyl (C=O) groups is 1. The van der Waals surface area contributed by atoms with Crippen LogP contribution in [0.1, 0.15) is 12.0 Å². The number of hydrogen-bond acceptors (Lipinski definition) is 5. The highest BCUT2D eigenvalue weighted by Gasteiger charge is 2.32. The Balaban J connectivity index is 1.75. The van der Waals surface area contributed by atoms with Crippen LogP contribution in [0.2, 0.25) is 0 Å². The van der Waals surface area contributed by atoms with Crippen LogP contribution < -0.4 is 0 Å². The first-order valence-corrected chi connectivity index (χ1v) is 8.18. The fourth-order valence-corrected chi connectivity index (χ4v) is 3.59. The summed E-state index contributed by atoms with van der Waals surface area (Å²) in [6.07, 6.45) is 2.52. The molecule has 0 unspecified atom stereocenters. The van der Waals surface area contributed by atoms with Crippen LogP contribution in [-0.4, -0.2) is 59.2 Å². The molecule has 1 saturated heterocycles. The van der Waals surface area contributed by atoms with Gasteiger partial charge in [0, 0.05) is 24.7 Å². The first-order chi connectivity index (χ1) is 10.9. The molecule has 0 aromatic heterocycles. The molecule has 0 radical (unpaired) electrons. The Bertz CT molecular complexity index is 703. The standard InChI is InChI=1S/C16H18FN3O2S/c1-19(2)12-5-6-20(9-12)16-18-15(22)14(23-16)8-10-7-11(17)3-4-13(10)21/h3-4,7-8,12,21H,5-6,9H2,1-2H3/t12-/m0/s1. The van der Waals surface area contributed by atoms with Gasteiger partial charge in [0.1, 0.15) is 11.6 Å². The van der Waals surface area contributed by atoms with Gasteiger partial charge in [0.25, 0.3) is 5.91 Å². The zero-order valence-corrected chi connectivity index (χ0v) is 13.8. The second-order valence-corrected chi connectivity index (χ2v) is 6.87. The molecule has 5 nitrogen and oxygen atoms in total. The van der Waals surface area contributed by atoms with Crippen molar-refractivity contribution in [3.05, 3.63) is 34.5 Å².